The second-order valence-corrected chi connectivity index (χ2v) is 7.83. The van der Waals surface area contributed by atoms with Gasteiger partial charge in [-0.25, -0.2) is 0 Å². The Labute approximate surface area is 174 Å². The number of aryl methyl sites for hydroxylation is 2. The van der Waals surface area contributed by atoms with Gasteiger partial charge in [0.15, 0.2) is 0 Å². The number of aromatic nitrogens is 1. The SMILES string of the molecule is Cc1noc(C)c1CSc1ccccc1C(=O)N(C)Cc1ccc(C(N)=O)cc1. The Bertz CT molecular complexity index is 1010. The first-order chi connectivity index (χ1) is 13.9. The molecule has 3 aromatic rings. The second kappa shape index (κ2) is 8.96. The number of rotatable bonds is 7. The van der Waals surface area contributed by atoms with Crippen LogP contribution < -0.4 is 5.73 Å². The number of carbonyl (C=O) groups is 2. The summed E-state index contributed by atoms with van der Waals surface area (Å²) in [6, 6.07) is 14.5. The van der Waals surface area contributed by atoms with Crippen LogP contribution in [0, 0.1) is 13.8 Å². The third-order valence-electron chi connectivity index (χ3n) is 4.68. The van der Waals surface area contributed by atoms with Gasteiger partial charge in [-0.15, -0.1) is 11.8 Å². The minimum atomic E-state index is -0.467. The highest BCUT2D eigenvalue weighted by atomic mass is 32.2. The fraction of sp³-hybridized carbons (Fsp3) is 0.227. The zero-order valence-electron chi connectivity index (χ0n) is 16.6. The van der Waals surface area contributed by atoms with Crippen molar-refractivity contribution in [2.75, 3.05) is 7.05 Å². The summed E-state index contributed by atoms with van der Waals surface area (Å²) in [5.74, 6) is 0.954. The standard InChI is InChI=1S/C22H23N3O3S/c1-14-19(15(2)28-24-14)13-29-20-7-5-4-6-18(20)22(27)25(3)12-16-8-10-17(11-9-16)21(23)26/h4-11H,12-13H2,1-3H3,(H2,23,26). The van der Waals surface area contributed by atoms with Crippen LogP contribution in [-0.2, 0) is 12.3 Å². The zero-order chi connectivity index (χ0) is 21.0. The summed E-state index contributed by atoms with van der Waals surface area (Å²) >= 11 is 1.59. The van der Waals surface area contributed by atoms with E-state index in [2.05, 4.69) is 5.16 Å². The van der Waals surface area contributed by atoms with Gasteiger partial charge in [-0.1, -0.05) is 29.4 Å². The Kier molecular flexibility index (Phi) is 6.39. The van der Waals surface area contributed by atoms with Gasteiger partial charge >= 0.3 is 0 Å². The van der Waals surface area contributed by atoms with E-state index in [0.717, 1.165) is 27.5 Å². The molecule has 29 heavy (non-hydrogen) atoms. The van der Waals surface area contributed by atoms with Crippen LogP contribution in [0.2, 0.25) is 0 Å². The molecule has 2 aromatic carbocycles. The van der Waals surface area contributed by atoms with Crippen molar-refractivity contribution in [1.29, 1.82) is 0 Å². The average Bonchev–Trinajstić information content (AvgIpc) is 3.04. The van der Waals surface area contributed by atoms with Crippen molar-refractivity contribution in [2.24, 2.45) is 5.73 Å². The number of primary amides is 1. The second-order valence-electron chi connectivity index (χ2n) is 6.81. The monoisotopic (exact) mass is 409 g/mol. The predicted molar refractivity (Wildman–Crippen MR) is 113 cm³/mol. The first kappa shape index (κ1) is 20.7. The highest BCUT2D eigenvalue weighted by molar-refractivity contribution is 7.98. The van der Waals surface area contributed by atoms with Gasteiger partial charge in [0.05, 0.1) is 11.3 Å². The van der Waals surface area contributed by atoms with Crippen molar-refractivity contribution in [3.63, 3.8) is 0 Å². The van der Waals surface area contributed by atoms with Gasteiger partial charge in [0.2, 0.25) is 5.91 Å². The number of hydrogen-bond acceptors (Lipinski definition) is 5. The average molecular weight is 410 g/mol. The lowest BCUT2D eigenvalue weighted by molar-refractivity contribution is 0.0781. The van der Waals surface area contributed by atoms with Crippen molar-refractivity contribution >= 4 is 23.6 Å². The smallest absolute Gasteiger partial charge is 0.255 e. The lowest BCUT2D eigenvalue weighted by atomic mass is 10.1. The van der Waals surface area contributed by atoms with Crippen molar-refractivity contribution in [2.45, 2.75) is 31.0 Å². The Morgan fingerprint density at radius 2 is 1.79 bits per heavy atom. The fourth-order valence-electron chi connectivity index (χ4n) is 2.95. The molecular formula is C22H23N3O3S. The van der Waals surface area contributed by atoms with E-state index in [-0.39, 0.29) is 5.91 Å². The van der Waals surface area contributed by atoms with E-state index in [4.69, 9.17) is 10.3 Å². The van der Waals surface area contributed by atoms with Gasteiger partial charge < -0.3 is 15.2 Å². The molecule has 0 unspecified atom stereocenters. The normalized spacial score (nSPS) is 10.7. The molecule has 0 saturated carbocycles. The molecule has 1 heterocycles. The van der Waals surface area contributed by atoms with Crippen LogP contribution in [0.1, 0.15) is 43.3 Å². The largest absolute Gasteiger partial charge is 0.366 e. The summed E-state index contributed by atoms with van der Waals surface area (Å²) in [5.41, 5.74) is 9.22. The summed E-state index contributed by atoms with van der Waals surface area (Å²) in [6.45, 7) is 4.24. The Morgan fingerprint density at radius 1 is 1.10 bits per heavy atom. The van der Waals surface area contributed by atoms with Crippen molar-refractivity contribution < 1.29 is 14.1 Å². The van der Waals surface area contributed by atoms with Gasteiger partial charge in [-0.05, 0) is 43.7 Å². The minimum absolute atomic E-state index is 0.0640. The Balaban J connectivity index is 1.72. The lowest BCUT2D eigenvalue weighted by Gasteiger charge is -2.19. The van der Waals surface area contributed by atoms with E-state index in [9.17, 15) is 9.59 Å². The van der Waals surface area contributed by atoms with Crippen LogP contribution in [0.25, 0.3) is 0 Å². The van der Waals surface area contributed by atoms with Crippen LogP contribution in [0.4, 0.5) is 0 Å². The number of hydrogen-bond donors (Lipinski definition) is 1. The van der Waals surface area contributed by atoms with E-state index in [1.165, 1.54) is 0 Å². The van der Waals surface area contributed by atoms with Gasteiger partial charge in [0, 0.05) is 35.4 Å². The number of thioether (sulfide) groups is 1. The number of benzene rings is 2. The maximum atomic E-state index is 13.0. The molecule has 150 valence electrons. The molecule has 2 amide bonds. The lowest BCUT2D eigenvalue weighted by Crippen LogP contribution is -2.26. The zero-order valence-corrected chi connectivity index (χ0v) is 17.5. The molecule has 3 rings (SSSR count). The van der Waals surface area contributed by atoms with E-state index in [1.807, 2.05) is 50.2 Å². The molecule has 0 aliphatic rings. The van der Waals surface area contributed by atoms with Crippen LogP contribution in [-0.4, -0.2) is 28.9 Å². The first-order valence-corrected chi connectivity index (χ1v) is 10.1. The number of nitrogens with zero attached hydrogens (tertiary/aromatic N) is 2. The quantitative estimate of drug-likeness (QED) is 0.597. The third kappa shape index (κ3) is 4.86. The van der Waals surface area contributed by atoms with E-state index >= 15 is 0 Å². The van der Waals surface area contributed by atoms with Gasteiger partial charge in [-0.3, -0.25) is 9.59 Å². The molecule has 0 aliphatic heterocycles. The fourth-order valence-corrected chi connectivity index (χ4v) is 4.15. The third-order valence-corrected chi connectivity index (χ3v) is 5.78. The maximum absolute atomic E-state index is 13.0. The van der Waals surface area contributed by atoms with Crippen LogP contribution in [0.15, 0.2) is 57.9 Å². The van der Waals surface area contributed by atoms with Gasteiger partial charge in [0.1, 0.15) is 5.76 Å². The minimum Gasteiger partial charge on any atom is -0.366 e. The van der Waals surface area contributed by atoms with Crippen LogP contribution in [0.5, 0.6) is 0 Å². The topological polar surface area (TPSA) is 89.4 Å². The van der Waals surface area contributed by atoms with E-state index in [0.29, 0.717) is 23.4 Å². The summed E-state index contributed by atoms with van der Waals surface area (Å²) in [7, 11) is 1.76. The molecule has 0 fully saturated rings. The molecule has 0 aliphatic carbocycles. The predicted octanol–water partition coefficient (Wildman–Crippen LogP) is 3.95. The first-order valence-electron chi connectivity index (χ1n) is 9.14. The summed E-state index contributed by atoms with van der Waals surface area (Å²) in [6.07, 6.45) is 0. The summed E-state index contributed by atoms with van der Waals surface area (Å²) < 4.78 is 5.22. The molecule has 2 N–H and O–H groups in total. The van der Waals surface area contributed by atoms with Crippen molar-refractivity contribution in [3.05, 3.63) is 82.2 Å². The van der Waals surface area contributed by atoms with Crippen LogP contribution >= 0.6 is 11.8 Å². The molecule has 6 nitrogen and oxygen atoms in total. The van der Waals surface area contributed by atoms with Crippen molar-refractivity contribution in [3.8, 4) is 0 Å². The Morgan fingerprint density at radius 3 is 2.41 bits per heavy atom. The summed E-state index contributed by atoms with van der Waals surface area (Å²) in [5, 5.41) is 3.99. The molecule has 0 radical (unpaired) electrons. The summed E-state index contributed by atoms with van der Waals surface area (Å²) in [4.78, 5) is 26.8. The highest BCUT2D eigenvalue weighted by Gasteiger charge is 2.17. The number of amides is 2. The highest BCUT2D eigenvalue weighted by Crippen LogP contribution is 2.29. The maximum Gasteiger partial charge on any atom is 0.255 e. The Hall–Kier alpha value is -3.06. The molecule has 0 bridgehead atoms. The molecule has 0 spiro atoms. The molecule has 7 heteroatoms. The molecule has 1 aromatic heterocycles. The van der Waals surface area contributed by atoms with E-state index < -0.39 is 5.91 Å². The van der Waals surface area contributed by atoms with E-state index in [1.54, 1.807) is 35.8 Å². The number of nitrogens with two attached hydrogens (primary N) is 1. The van der Waals surface area contributed by atoms with Gasteiger partial charge in [-0.2, -0.15) is 0 Å². The van der Waals surface area contributed by atoms with Crippen LogP contribution in [0.3, 0.4) is 0 Å². The van der Waals surface area contributed by atoms with Gasteiger partial charge in [0.25, 0.3) is 5.91 Å². The molecule has 0 atom stereocenters. The van der Waals surface area contributed by atoms with Crippen molar-refractivity contribution in [1.82, 2.24) is 10.1 Å². The molecular weight excluding hydrogens is 386 g/mol. The number of carbonyl (C=O) groups excluding carboxylic acids is 2. The molecule has 0 saturated heterocycles.